The molecule has 2 rings (SSSR count). The quantitative estimate of drug-likeness (QED) is 0.695. The minimum Gasteiger partial charge on any atom is -0.399 e. The first-order chi connectivity index (χ1) is 10.4. The van der Waals surface area contributed by atoms with E-state index in [1.54, 1.807) is 0 Å². The second kappa shape index (κ2) is 6.46. The lowest BCUT2D eigenvalue weighted by Crippen LogP contribution is -2.32. The van der Waals surface area contributed by atoms with Gasteiger partial charge in [-0.2, -0.15) is 0 Å². The lowest BCUT2D eigenvalue weighted by molar-refractivity contribution is 0.0989. The van der Waals surface area contributed by atoms with E-state index in [0.717, 1.165) is 17.0 Å². The normalized spacial score (nSPS) is 10.1. The molecule has 0 aromatic heterocycles. The van der Waals surface area contributed by atoms with Crippen molar-refractivity contribution in [3.63, 3.8) is 0 Å². The highest BCUT2D eigenvalue weighted by molar-refractivity contribution is 6.34. The van der Waals surface area contributed by atoms with Crippen LogP contribution in [0.1, 0.15) is 10.4 Å². The summed E-state index contributed by atoms with van der Waals surface area (Å²) in [5, 5.41) is 0.156. The molecule has 0 aliphatic rings. The zero-order valence-corrected chi connectivity index (χ0v) is 12.1. The van der Waals surface area contributed by atoms with Crippen LogP contribution in [0.25, 0.3) is 0 Å². The summed E-state index contributed by atoms with van der Waals surface area (Å²) in [5.74, 6) is -0.0139. The van der Waals surface area contributed by atoms with E-state index < -0.39 is 17.5 Å². The van der Waals surface area contributed by atoms with Gasteiger partial charge in [-0.3, -0.25) is 9.69 Å². The monoisotopic (exact) mass is 320 g/mol. The molecule has 2 N–H and O–H groups in total. The first-order valence-corrected chi connectivity index (χ1v) is 6.57. The molecule has 0 atom stereocenters. The molecule has 0 bridgehead atoms. The highest BCUT2D eigenvalue weighted by atomic mass is 35.5. The van der Waals surface area contributed by atoms with E-state index in [1.807, 2.05) is 0 Å². The lowest BCUT2D eigenvalue weighted by Gasteiger charge is -2.21. The fraction of sp³-hybridized carbons (Fsp3) is 0.0625. The van der Waals surface area contributed by atoms with Crippen LogP contribution < -0.4 is 10.6 Å². The van der Waals surface area contributed by atoms with Crippen LogP contribution in [0.2, 0.25) is 5.02 Å². The number of terminal acetylenes is 1. The third-order valence-corrected chi connectivity index (χ3v) is 3.25. The van der Waals surface area contributed by atoms with Crippen LogP contribution in [0, 0.1) is 24.0 Å². The molecule has 2 aromatic rings. The number of hydrogen-bond donors (Lipinski definition) is 1. The van der Waals surface area contributed by atoms with Gasteiger partial charge in [-0.25, -0.2) is 8.78 Å². The van der Waals surface area contributed by atoms with Crippen LogP contribution in [0.3, 0.4) is 0 Å². The van der Waals surface area contributed by atoms with E-state index >= 15 is 0 Å². The molecule has 112 valence electrons. The van der Waals surface area contributed by atoms with Gasteiger partial charge < -0.3 is 5.73 Å². The number of benzene rings is 2. The van der Waals surface area contributed by atoms with Crippen molar-refractivity contribution in [3.05, 3.63) is 58.6 Å². The summed E-state index contributed by atoms with van der Waals surface area (Å²) in [4.78, 5) is 13.6. The minimum absolute atomic E-state index is 0.0839. The van der Waals surface area contributed by atoms with Gasteiger partial charge in [-0.05, 0) is 30.3 Å². The molecule has 0 saturated heterocycles. The molecule has 0 unspecified atom stereocenters. The Morgan fingerprint density at radius 2 is 2.00 bits per heavy atom. The minimum atomic E-state index is -0.899. The molecule has 1 amide bonds. The average molecular weight is 321 g/mol. The third kappa shape index (κ3) is 3.18. The summed E-state index contributed by atoms with van der Waals surface area (Å²) in [6.45, 7) is -0.202. The van der Waals surface area contributed by atoms with E-state index in [-0.39, 0.29) is 22.8 Å². The summed E-state index contributed by atoms with van der Waals surface area (Å²) in [5.41, 5.74) is 5.91. The number of nitrogens with zero attached hydrogens (tertiary/aromatic N) is 1. The van der Waals surface area contributed by atoms with Gasteiger partial charge in [0.05, 0.1) is 22.8 Å². The first kappa shape index (κ1) is 15.8. The van der Waals surface area contributed by atoms with Crippen molar-refractivity contribution in [1.82, 2.24) is 0 Å². The predicted molar refractivity (Wildman–Crippen MR) is 82.7 cm³/mol. The van der Waals surface area contributed by atoms with Crippen molar-refractivity contribution >= 4 is 28.9 Å². The van der Waals surface area contributed by atoms with E-state index in [4.69, 9.17) is 23.8 Å². The molecule has 0 heterocycles. The topological polar surface area (TPSA) is 46.3 Å². The smallest absolute Gasteiger partial charge is 0.260 e. The van der Waals surface area contributed by atoms with Gasteiger partial charge in [0.1, 0.15) is 11.6 Å². The maximum absolute atomic E-state index is 13.9. The van der Waals surface area contributed by atoms with Crippen molar-refractivity contribution in [1.29, 1.82) is 0 Å². The molecule has 0 spiro atoms. The Morgan fingerprint density at radius 3 is 2.64 bits per heavy atom. The number of carbonyl (C=O) groups excluding carboxylic acids is 1. The Bertz CT molecular complexity index is 771. The summed E-state index contributed by atoms with van der Waals surface area (Å²) in [6, 6.07) is 7.21. The second-order valence-corrected chi connectivity index (χ2v) is 4.84. The molecule has 0 saturated carbocycles. The van der Waals surface area contributed by atoms with Crippen LogP contribution in [0.15, 0.2) is 36.4 Å². The van der Waals surface area contributed by atoms with Gasteiger partial charge in [0.2, 0.25) is 0 Å². The standard InChI is InChI=1S/C16H11ClF2N2O/c1-2-7-21(15-6-3-10(18)8-14(15)19)16(22)12-9-11(20)4-5-13(12)17/h1,3-6,8-9H,7,20H2. The Labute approximate surface area is 131 Å². The summed E-state index contributed by atoms with van der Waals surface area (Å²) in [7, 11) is 0. The highest BCUT2D eigenvalue weighted by Gasteiger charge is 2.22. The average Bonchev–Trinajstić information content (AvgIpc) is 2.47. The van der Waals surface area contributed by atoms with Gasteiger partial charge in [-0.15, -0.1) is 6.42 Å². The van der Waals surface area contributed by atoms with E-state index in [0.29, 0.717) is 11.8 Å². The van der Waals surface area contributed by atoms with E-state index in [2.05, 4.69) is 5.92 Å². The molecule has 3 nitrogen and oxygen atoms in total. The Morgan fingerprint density at radius 1 is 1.27 bits per heavy atom. The van der Waals surface area contributed by atoms with Gasteiger partial charge in [0.15, 0.2) is 0 Å². The summed E-state index contributed by atoms with van der Waals surface area (Å²) >= 11 is 5.98. The van der Waals surface area contributed by atoms with Crippen molar-refractivity contribution < 1.29 is 13.6 Å². The van der Waals surface area contributed by atoms with Gasteiger partial charge in [0, 0.05) is 11.8 Å². The number of halogens is 3. The first-order valence-electron chi connectivity index (χ1n) is 6.19. The van der Waals surface area contributed by atoms with Crippen molar-refractivity contribution in [3.8, 4) is 12.3 Å². The van der Waals surface area contributed by atoms with Crippen molar-refractivity contribution in [2.45, 2.75) is 0 Å². The van der Waals surface area contributed by atoms with Crippen LogP contribution in [-0.4, -0.2) is 12.5 Å². The third-order valence-electron chi connectivity index (χ3n) is 2.92. The number of amides is 1. The Kier molecular flexibility index (Phi) is 4.64. The second-order valence-electron chi connectivity index (χ2n) is 4.43. The molecule has 0 aliphatic heterocycles. The molecular weight excluding hydrogens is 310 g/mol. The SMILES string of the molecule is C#CCN(C(=O)c1cc(N)ccc1Cl)c1ccc(F)cc1F. The Balaban J connectivity index is 2.50. The lowest BCUT2D eigenvalue weighted by atomic mass is 10.1. The van der Waals surface area contributed by atoms with Crippen LogP contribution in [-0.2, 0) is 0 Å². The summed E-state index contributed by atoms with van der Waals surface area (Å²) in [6.07, 6.45) is 5.23. The van der Waals surface area contributed by atoms with Crippen LogP contribution in [0.5, 0.6) is 0 Å². The zero-order valence-electron chi connectivity index (χ0n) is 11.3. The number of anilines is 2. The van der Waals surface area contributed by atoms with Crippen molar-refractivity contribution in [2.75, 3.05) is 17.2 Å². The molecule has 0 aliphatic carbocycles. The van der Waals surface area contributed by atoms with Gasteiger partial charge in [-0.1, -0.05) is 17.5 Å². The maximum Gasteiger partial charge on any atom is 0.260 e. The predicted octanol–water partition coefficient (Wildman–Crippen LogP) is 3.48. The molecular formula is C16H11ClF2N2O. The molecule has 2 aromatic carbocycles. The maximum atomic E-state index is 13.9. The Hall–Kier alpha value is -2.58. The largest absolute Gasteiger partial charge is 0.399 e. The van der Waals surface area contributed by atoms with E-state index in [9.17, 15) is 13.6 Å². The highest BCUT2D eigenvalue weighted by Crippen LogP contribution is 2.26. The fourth-order valence-corrected chi connectivity index (χ4v) is 2.11. The summed E-state index contributed by atoms with van der Waals surface area (Å²) < 4.78 is 26.9. The number of hydrogen-bond acceptors (Lipinski definition) is 2. The molecule has 0 fully saturated rings. The molecule has 22 heavy (non-hydrogen) atoms. The molecule has 6 heteroatoms. The zero-order chi connectivity index (χ0) is 16.3. The number of nitrogens with two attached hydrogens (primary N) is 1. The fourth-order valence-electron chi connectivity index (χ4n) is 1.91. The van der Waals surface area contributed by atoms with Crippen molar-refractivity contribution in [2.24, 2.45) is 0 Å². The van der Waals surface area contributed by atoms with Crippen LogP contribution in [0.4, 0.5) is 20.2 Å². The number of nitrogen functional groups attached to an aromatic ring is 1. The number of rotatable bonds is 3. The molecule has 0 radical (unpaired) electrons. The van der Waals surface area contributed by atoms with E-state index in [1.165, 1.54) is 18.2 Å². The van der Waals surface area contributed by atoms with Gasteiger partial charge >= 0.3 is 0 Å². The van der Waals surface area contributed by atoms with Crippen LogP contribution >= 0.6 is 11.6 Å². The number of carbonyl (C=O) groups is 1. The van der Waals surface area contributed by atoms with Gasteiger partial charge in [0.25, 0.3) is 5.91 Å².